The lowest BCUT2D eigenvalue weighted by Gasteiger charge is -2.29. The fourth-order valence-electron chi connectivity index (χ4n) is 2.93. The summed E-state index contributed by atoms with van der Waals surface area (Å²) in [6.07, 6.45) is 6.24. The lowest BCUT2D eigenvalue weighted by Crippen LogP contribution is -2.26. The number of carbonyl (C=O) groups excluding carboxylic acids is 1. The summed E-state index contributed by atoms with van der Waals surface area (Å²) in [5, 5.41) is 3.53. The van der Waals surface area contributed by atoms with Gasteiger partial charge < -0.3 is 10.1 Å². The van der Waals surface area contributed by atoms with Gasteiger partial charge in [-0.05, 0) is 50.7 Å². The molecular weight excluding hydrogens is 250 g/mol. The minimum atomic E-state index is -0.238. The third-order valence-electron chi connectivity index (χ3n) is 4.21. The molecule has 0 radical (unpaired) electrons. The molecule has 3 heteroatoms. The number of esters is 1. The van der Waals surface area contributed by atoms with Crippen LogP contribution in [0.3, 0.4) is 0 Å². The molecule has 1 aliphatic carbocycles. The maximum atomic E-state index is 11.9. The summed E-state index contributed by atoms with van der Waals surface area (Å²) in [7, 11) is 0. The highest BCUT2D eigenvalue weighted by atomic mass is 16.5. The summed E-state index contributed by atoms with van der Waals surface area (Å²) in [6.45, 7) is 4.52. The maximum absolute atomic E-state index is 11.9. The van der Waals surface area contributed by atoms with Gasteiger partial charge in [-0.2, -0.15) is 0 Å². The van der Waals surface area contributed by atoms with Crippen molar-refractivity contribution in [1.29, 1.82) is 0 Å². The molecule has 0 spiro atoms. The summed E-state index contributed by atoms with van der Waals surface area (Å²) < 4.78 is 5.11. The molecule has 1 saturated carbocycles. The van der Waals surface area contributed by atoms with Gasteiger partial charge in [-0.3, -0.25) is 0 Å². The van der Waals surface area contributed by atoms with Crippen molar-refractivity contribution in [3.8, 4) is 0 Å². The second kappa shape index (κ2) is 7.32. The maximum Gasteiger partial charge on any atom is 0.340 e. The molecule has 0 amide bonds. The third kappa shape index (κ3) is 3.75. The molecule has 0 bridgehead atoms. The predicted molar refractivity (Wildman–Crippen MR) is 82.1 cm³/mol. The number of rotatable bonds is 5. The number of anilines is 1. The van der Waals surface area contributed by atoms with E-state index in [1.54, 1.807) is 0 Å². The zero-order valence-electron chi connectivity index (χ0n) is 12.5. The van der Waals surface area contributed by atoms with E-state index in [4.69, 9.17) is 4.74 Å². The van der Waals surface area contributed by atoms with Crippen molar-refractivity contribution in [2.75, 3.05) is 11.9 Å². The summed E-state index contributed by atoms with van der Waals surface area (Å²) >= 11 is 0. The fourth-order valence-corrected chi connectivity index (χ4v) is 2.93. The third-order valence-corrected chi connectivity index (χ3v) is 4.21. The molecule has 0 unspecified atom stereocenters. The second-order valence-electron chi connectivity index (χ2n) is 5.54. The molecule has 110 valence electrons. The molecule has 1 aromatic carbocycles. The van der Waals surface area contributed by atoms with E-state index < -0.39 is 0 Å². The monoisotopic (exact) mass is 275 g/mol. The molecule has 0 aromatic heterocycles. The molecule has 1 aromatic rings. The van der Waals surface area contributed by atoms with Crippen molar-refractivity contribution in [2.45, 2.75) is 52.0 Å². The number of hydrogen-bond acceptors (Lipinski definition) is 3. The summed E-state index contributed by atoms with van der Waals surface area (Å²) in [5.41, 5.74) is 1.55. The van der Waals surface area contributed by atoms with Gasteiger partial charge in [0, 0.05) is 11.7 Å². The first-order valence-electron chi connectivity index (χ1n) is 7.77. The largest absolute Gasteiger partial charge is 0.462 e. The van der Waals surface area contributed by atoms with Crippen LogP contribution in [0.5, 0.6) is 0 Å². The van der Waals surface area contributed by atoms with Gasteiger partial charge in [0.15, 0.2) is 0 Å². The van der Waals surface area contributed by atoms with E-state index in [0.717, 1.165) is 11.6 Å². The van der Waals surface area contributed by atoms with Crippen molar-refractivity contribution in [2.24, 2.45) is 5.92 Å². The average Bonchev–Trinajstić information content (AvgIpc) is 2.49. The molecule has 0 saturated heterocycles. The van der Waals surface area contributed by atoms with E-state index in [1.807, 2.05) is 31.2 Å². The van der Waals surface area contributed by atoms with Gasteiger partial charge >= 0.3 is 5.97 Å². The molecule has 1 aliphatic rings. The molecule has 20 heavy (non-hydrogen) atoms. The first kappa shape index (κ1) is 14.9. The lowest BCUT2D eigenvalue weighted by molar-refractivity contribution is 0.0527. The first-order valence-corrected chi connectivity index (χ1v) is 7.77. The van der Waals surface area contributed by atoms with Gasteiger partial charge in [0.1, 0.15) is 0 Å². The van der Waals surface area contributed by atoms with Crippen molar-refractivity contribution in [1.82, 2.24) is 0 Å². The topological polar surface area (TPSA) is 38.3 Å². The van der Waals surface area contributed by atoms with E-state index in [9.17, 15) is 4.79 Å². The fraction of sp³-hybridized carbons (Fsp3) is 0.588. The van der Waals surface area contributed by atoms with Crippen LogP contribution >= 0.6 is 0 Å². The van der Waals surface area contributed by atoms with E-state index in [-0.39, 0.29) is 5.97 Å². The summed E-state index contributed by atoms with van der Waals surface area (Å²) in [6, 6.07) is 8.12. The predicted octanol–water partition coefficient (Wildman–Crippen LogP) is 4.24. The van der Waals surface area contributed by atoms with E-state index in [1.165, 1.54) is 32.1 Å². The highest BCUT2D eigenvalue weighted by molar-refractivity contribution is 5.95. The van der Waals surface area contributed by atoms with Crippen LogP contribution in [0.2, 0.25) is 0 Å². The van der Waals surface area contributed by atoms with Gasteiger partial charge in [0.25, 0.3) is 0 Å². The lowest BCUT2D eigenvalue weighted by atomic mass is 9.84. The van der Waals surface area contributed by atoms with Gasteiger partial charge in [0.05, 0.1) is 12.2 Å². The molecule has 3 nitrogen and oxygen atoms in total. The Hall–Kier alpha value is -1.51. The highest BCUT2D eigenvalue weighted by Crippen LogP contribution is 2.29. The van der Waals surface area contributed by atoms with Crippen molar-refractivity contribution < 1.29 is 9.53 Å². The van der Waals surface area contributed by atoms with E-state index in [0.29, 0.717) is 18.2 Å². The average molecular weight is 275 g/mol. The zero-order valence-corrected chi connectivity index (χ0v) is 12.5. The zero-order chi connectivity index (χ0) is 14.4. The standard InChI is InChI=1S/C17H25NO2/c1-3-13-9-11-14(12-10-13)18-16-8-6-5-7-15(16)17(19)20-4-2/h5-8,13-14,18H,3-4,9-12H2,1-2H3. The van der Waals surface area contributed by atoms with Gasteiger partial charge in [-0.15, -0.1) is 0 Å². The van der Waals surface area contributed by atoms with E-state index >= 15 is 0 Å². The van der Waals surface area contributed by atoms with Gasteiger partial charge in [0.2, 0.25) is 0 Å². The minimum absolute atomic E-state index is 0.238. The summed E-state index contributed by atoms with van der Waals surface area (Å²) in [4.78, 5) is 11.9. The number of para-hydroxylation sites is 1. The second-order valence-corrected chi connectivity index (χ2v) is 5.54. The van der Waals surface area contributed by atoms with Crippen LogP contribution in [0.1, 0.15) is 56.3 Å². The van der Waals surface area contributed by atoms with Crippen LogP contribution in [0.25, 0.3) is 0 Å². The first-order chi connectivity index (χ1) is 9.74. The number of nitrogens with one attached hydrogen (secondary N) is 1. The Balaban J connectivity index is 2.01. The van der Waals surface area contributed by atoms with Gasteiger partial charge in [-0.1, -0.05) is 25.5 Å². The number of benzene rings is 1. The molecule has 2 rings (SSSR count). The van der Waals surface area contributed by atoms with Crippen molar-refractivity contribution >= 4 is 11.7 Å². The highest BCUT2D eigenvalue weighted by Gasteiger charge is 2.21. The van der Waals surface area contributed by atoms with Crippen LogP contribution in [0.15, 0.2) is 24.3 Å². The van der Waals surface area contributed by atoms with Crippen LogP contribution < -0.4 is 5.32 Å². The van der Waals surface area contributed by atoms with Crippen molar-refractivity contribution in [3.63, 3.8) is 0 Å². The van der Waals surface area contributed by atoms with E-state index in [2.05, 4.69) is 12.2 Å². The normalized spacial score (nSPS) is 22.3. The van der Waals surface area contributed by atoms with Crippen LogP contribution in [-0.4, -0.2) is 18.6 Å². The Morgan fingerprint density at radius 2 is 1.90 bits per heavy atom. The Kier molecular flexibility index (Phi) is 5.45. The van der Waals surface area contributed by atoms with Crippen LogP contribution in [0.4, 0.5) is 5.69 Å². The number of ether oxygens (including phenoxy) is 1. The molecular formula is C17H25NO2. The Labute approximate surface area is 121 Å². The van der Waals surface area contributed by atoms with Gasteiger partial charge in [-0.25, -0.2) is 4.79 Å². The number of hydrogen-bond donors (Lipinski definition) is 1. The smallest absolute Gasteiger partial charge is 0.340 e. The molecule has 1 N–H and O–H groups in total. The van der Waals surface area contributed by atoms with Crippen LogP contribution in [-0.2, 0) is 4.74 Å². The molecule has 0 atom stereocenters. The molecule has 1 fully saturated rings. The summed E-state index contributed by atoms with van der Waals surface area (Å²) in [5.74, 6) is 0.645. The Morgan fingerprint density at radius 1 is 1.20 bits per heavy atom. The Bertz CT molecular complexity index is 436. The quantitative estimate of drug-likeness (QED) is 0.817. The SMILES string of the molecule is CCOC(=O)c1ccccc1NC1CCC(CC)CC1. The van der Waals surface area contributed by atoms with Crippen molar-refractivity contribution in [3.05, 3.63) is 29.8 Å². The molecule has 0 aliphatic heterocycles. The number of carbonyl (C=O) groups is 1. The van der Waals surface area contributed by atoms with Crippen LogP contribution in [0, 0.1) is 5.92 Å². The minimum Gasteiger partial charge on any atom is -0.462 e. The Morgan fingerprint density at radius 3 is 2.55 bits per heavy atom. The molecule has 0 heterocycles.